The largest absolute Gasteiger partial charge is 0.495 e. The second-order valence-corrected chi connectivity index (χ2v) is 9.11. The Hall–Kier alpha value is -4.20. The summed E-state index contributed by atoms with van der Waals surface area (Å²) in [6.07, 6.45) is 2.94. The zero-order chi connectivity index (χ0) is 25.1. The predicted octanol–water partition coefficient (Wildman–Crippen LogP) is 4.01. The summed E-state index contributed by atoms with van der Waals surface area (Å²) in [5.41, 5.74) is 3.93. The second-order valence-electron chi connectivity index (χ2n) is 9.11. The number of aromatic nitrogens is 3. The number of carbonyl (C=O) groups excluding carboxylic acids is 1. The van der Waals surface area contributed by atoms with E-state index in [1.165, 1.54) is 5.56 Å². The van der Waals surface area contributed by atoms with E-state index in [2.05, 4.69) is 15.3 Å². The number of nitrogens with zero attached hydrogens (tertiary/aromatic N) is 4. The van der Waals surface area contributed by atoms with Crippen molar-refractivity contribution in [2.45, 2.75) is 26.3 Å². The fraction of sp³-hybridized carbons (Fsp3) is 0.286. The number of carbonyl (C=O) groups is 1. The van der Waals surface area contributed by atoms with Crippen molar-refractivity contribution in [3.63, 3.8) is 0 Å². The van der Waals surface area contributed by atoms with Crippen LogP contribution in [0.3, 0.4) is 0 Å². The number of hydrogen-bond donors (Lipinski definition) is 1. The van der Waals surface area contributed by atoms with Gasteiger partial charge in [-0.3, -0.25) is 14.2 Å². The quantitative estimate of drug-likeness (QED) is 0.446. The van der Waals surface area contributed by atoms with Gasteiger partial charge in [0.1, 0.15) is 11.3 Å². The van der Waals surface area contributed by atoms with Gasteiger partial charge in [-0.1, -0.05) is 42.0 Å². The molecule has 8 nitrogen and oxygen atoms in total. The number of benzene rings is 2. The summed E-state index contributed by atoms with van der Waals surface area (Å²) in [5.74, 6) is 0.854. The molecule has 1 saturated heterocycles. The standard InChI is InChI=1S/C28H29N5O3/c1-19-9-11-20(12-10-19)18-33-25-23(7-5-15-29-25)30-26(28(33)35)32-16-13-21(14-17-32)27(34)31-22-6-3-4-8-24(22)36-2/h3-12,15,21H,13-14,16-18H2,1-2H3,(H,31,34). The maximum atomic E-state index is 13.6. The van der Waals surface area contributed by atoms with E-state index in [9.17, 15) is 9.59 Å². The molecule has 0 unspecified atom stereocenters. The van der Waals surface area contributed by atoms with Crippen molar-refractivity contribution >= 4 is 28.6 Å². The lowest BCUT2D eigenvalue weighted by atomic mass is 9.95. The highest BCUT2D eigenvalue weighted by molar-refractivity contribution is 5.94. The molecule has 0 bridgehead atoms. The number of para-hydroxylation sites is 2. The minimum absolute atomic E-state index is 0.0356. The maximum absolute atomic E-state index is 13.6. The highest BCUT2D eigenvalue weighted by atomic mass is 16.5. The zero-order valence-electron chi connectivity index (χ0n) is 20.5. The van der Waals surface area contributed by atoms with Crippen LogP contribution in [0.4, 0.5) is 11.5 Å². The number of methoxy groups -OCH3 is 1. The monoisotopic (exact) mass is 483 g/mol. The molecule has 1 aliphatic heterocycles. The molecule has 0 radical (unpaired) electrons. The molecular weight excluding hydrogens is 454 g/mol. The minimum atomic E-state index is -0.168. The Morgan fingerprint density at radius 1 is 1.06 bits per heavy atom. The van der Waals surface area contributed by atoms with Crippen LogP contribution in [0.5, 0.6) is 5.75 Å². The number of nitrogens with one attached hydrogen (secondary N) is 1. The topological polar surface area (TPSA) is 89.3 Å². The Balaban J connectivity index is 1.36. The number of amides is 1. The van der Waals surface area contributed by atoms with Crippen molar-refractivity contribution in [3.05, 3.63) is 88.3 Å². The van der Waals surface area contributed by atoms with Crippen molar-refractivity contribution in [1.82, 2.24) is 14.5 Å². The van der Waals surface area contributed by atoms with Crippen LogP contribution in [0.25, 0.3) is 11.2 Å². The van der Waals surface area contributed by atoms with Crippen LogP contribution < -0.4 is 20.5 Å². The van der Waals surface area contributed by atoms with Crippen molar-refractivity contribution in [2.75, 3.05) is 30.4 Å². The molecule has 2 aromatic carbocycles. The van der Waals surface area contributed by atoms with Crippen molar-refractivity contribution in [1.29, 1.82) is 0 Å². The molecule has 5 rings (SSSR count). The molecule has 0 atom stereocenters. The molecule has 36 heavy (non-hydrogen) atoms. The van der Waals surface area contributed by atoms with E-state index in [4.69, 9.17) is 4.74 Å². The first-order valence-electron chi connectivity index (χ1n) is 12.1. The molecule has 1 fully saturated rings. The van der Waals surface area contributed by atoms with Gasteiger partial charge in [0.15, 0.2) is 11.5 Å². The van der Waals surface area contributed by atoms with Crippen molar-refractivity contribution in [2.24, 2.45) is 5.92 Å². The average molecular weight is 484 g/mol. The molecule has 0 saturated carbocycles. The summed E-state index contributed by atoms with van der Waals surface area (Å²) in [5, 5.41) is 2.99. The Bertz CT molecular complexity index is 1440. The number of anilines is 2. The molecule has 0 spiro atoms. The van der Waals surface area contributed by atoms with Crippen LogP contribution in [0.2, 0.25) is 0 Å². The first-order chi connectivity index (χ1) is 17.5. The molecule has 184 valence electrons. The lowest BCUT2D eigenvalue weighted by Gasteiger charge is -2.32. The van der Waals surface area contributed by atoms with Gasteiger partial charge in [0.25, 0.3) is 5.56 Å². The number of pyridine rings is 1. The maximum Gasteiger partial charge on any atom is 0.295 e. The number of rotatable bonds is 6. The van der Waals surface area contributed by atoms with Gasteiger partial charge in [0.05, 0.1) is 19.3 Å². The Labute approximate surface area is 209 Å². The smallest absolute Gasteiger partial charge is 0.295 e. The van der Waals surface area contributed by atoms with Crippen LogP contribution in [-0.4, -0.2) is 40.6 Å². The summed E-state index contributed by atoms with van der Waals surface area (Å²) in [6, 6.07) is 19.2. The summed E-state index contributed by atoms with van der Waals surface area (Å²) in [6.45, 7) is 3.60. The van der Waals surface area contributed by atoms with Gasteiger partial charge in [-0.15, -0.1) is 0 Å². The van der Waals surface area contributed by atoms with Gasteiger partial charge in [-0.05, 0) is 49.6 Å². The highest BCUT2D eigenvalue weighted by Gasteiger charge is 2.28. The molecule has 1 aliphatic rings. The van der Waals surface area contributed by atoms with Crippen molar-refractivity contribution in [3.8, 4) is 5.75 Å². The van der Waals surface area contributed by atoms with Crippen LogP contribution >= 0.6 is 0 Å². The first kappa shape index (κ1) is 23.5. The number of aryl methyl sites for hydroxylation is 1. The van der Waals surface area contributed by atoms with E-state index < -0.39 is 0 Å². The molecule has 4 aromatic rings. The number of piperidine rings is 1. The van der Waals surface area contributed by atoms with Crippen LogP contribution in [-0.2, 0) is 11.3 Å². The van der Waals surface area contributed by atoms with Crippen LogP contribution in [0, 0.1) is 12.8 Å². The molecule has 1 amide bonds. The van der Waals surface area contributed by atoms with Gasteiger partial charge in [0.2, 0.25) is 5.91 Å². The van der Waals surface area contributed by atoms with Gasteiger partial charge in [0, 0.05) is 25.2 Å². The molecular formula is C28H29N5O3. The molecule has 3 heterocycles. The first-order valence-corrected chi connectivity index (χ1v) is 12.1. The number of ether oxygens (including phenoxy) is 1. The third kappa shape index (κ3) is 4.79. The van der Waals surface area contributed by atoms with E-state index in [1.807, 2.05) is 72.5 Å². The molecule has 0 aliphatic carbocycles. The summed E-state index contributed by atoms with van der Waals surface area (Å²) in [7, 11) is 1.58. The summed E-state index contributed by atoms with van der Waals surface area (Å²) < 4.78 is 7.04. The lowest BCUT2D eigenvalue weighted by molar-refractivity contribution is -0.120. The second kappa shape index (κ2) is 10.2. The van der Waals surface area contributed by atoms with E-state index in [-0.39, 0.29) is 17.4 Å². The predicted molar refractivity (Wildman–Crippen MR) is 141 cm³/mol. The van der Waals surface area contributed by atoms with E-state index >= 15 is 0 Å². The van der Waals surface area contributed by atoms with Crippen LogP contribution in [0.15, 0.2) is 71.7 Å². The highest BCUT2D eigenvalue weighted by Crippen LogP contribution is 2.27. The lowest BCUT2D eigenvalue weighted by Crippen LogP contribution is -2.42. The van der Waals surface area contributed by atoms with Crippen LogP contribution in [0.1, 0.15) is 24.0 Å². The van der Waals surface area contributed by atoms with Crippen molar-refractivity contribution < 1.29 is 9.53 Å². The minimum Gasteiger partial charge on any atom is -0.495 e. The average Bonchev–Trinajstić information content (AvgIpc) is 2.91. The third-order valence-corrected chi connectivity index (χ3v) is 6.68. The Kier molecular flexibility index (Phi) is 6.66. The van der Waals surface area contributed by atoms with Gasteiger partial charge in [-0.2, -0.15) is 0 Å². The Morgan fingerprint density at radius 3 is 2.56 bits per heavy atom. The van der Waals surface area contributed by atoms with E-state index in [0.717, 1.165) is 5.56 Å². The zero-order valence-corrected chi connectivity index (χ0v) is 20.5. The van der Waals surface area contributed by atoms with Gasteiger partial charge in [-0.25, -0.2) is 9.97 Å². The van der Waals surface area contributed by atoms with Gasteiger partial charge >= 0.3 is 0 Å². The number of hydrogen-bond acceptors (Lipinski definition) is 6. The summed E-state index contributed by atoms with van der Waals surface area (Å²) in [4.78, 5) is 37.7. The Morgan fingerprint density at radius 2 is 1.81 bits per heavy atom. The SMILES string of the molecule is COc1ccccc1NC(=O)C1CCN(c2nc3cccnc3n(Cc3ccc(C)cc3)c2=O)CC1. The number of fused-ring (bicyclic) bond motifs is 1. The fourth-order valence-electron chi connectivity index (χ4n) is 4.63. The van der Waals surface area contributed by atoms with E-state index in [0.29, 0.717) is 60.9 Å². The normalized spacial score (nSPS) is 14.1. The van der Waals surface area contributed by atoms with Gasteiger partial charge < -0.3 is 15.0 Å². The molecule has 2 aromatic heterocycles. The molecule has 1 N–H and O–H groups in total. The fourth-order valence-corrected chi connectivity index (χ4v) is 4.63. The van der Waals surface area contributed by atoms with E-state index in [1.54, 1.807) is 17.9 Å². The summed E-state index contributed by atoms with van der Waals surface area (Å²) >= 11 is 0. The third-order valence-electron chi connectivity index (χ3n) is 6.68. The molecule has 8 heteroatoms.